The van der Waals surface area contributed by atoms with Crippen molar-refractivity contribution < 1.29 is 0 Å². The number of nitrogens with one attached hydrogen (secondary N) is 1. The molecule has 8 heteroatoms. The molecule has 2 heterocycles. The van der Waals surface area contributed by atoms with E-state index in [4.69, 9.17) is 0 Å². The smallest absolute Gasteiger partial charge is 0.258 e. The Hall–Kier alpha value is -3.00. The second-order valence-corrected chi connectivity index (χ2v) is 7.70. The fourth-order valence-corrected chi connectivity index (χ4v) is 3.82. The van der Waals surface area contributed by atoms with Crippen molar-refractivity contribution in [3.8, 4) is 5.69 Å². The van der Waals surface area contributed by atoms with Gasteiger partial charge in [0.1, 0.15) is 5.82 Å². The molecule has 1 atom stereocenters. The monoisotopic (exact) mass is 378 g/mol. The first-order chi connectivity index (χ1) is 13.0. The van der Waals surface area contributed by atoms with Gasteiger partial charge in [0.05, 0.1) is 21.8 Å². The highest BCUT2D eigenvalue weighted by Crippen LogP contribution is 2.32. The third kappa shape index (κ3) is 3.35. The Bertz CT molecular complexity index is 1180. The van der Waals surface area contributed by atoms with Gasteiger partial charge in [-0.2, -0.15) is 4.68 Å². The topological polar surface area (TPSA) is 89.3 Å². The summed E-state index contributed by atoms with van der Waals surface area (Å²) in [5.41, 5.74) is 3.74. The van der Waals surface area contributed by atoms with E-state index in [0.717, 1.165) is 11.3 Å². The second-order valence-electron chi connectivity index (χ2n) is 6.39. The van der Waals surface area contributed by atoms with E-state index in [-0.39, 0.29) is 10.8 Å². The van der Waals surface area contributed by atoms with E-state index in [9.17, 15) is 4.79 Å². The molecule has 136 valence electrons. The zero-order valence-corrected chi connectivity index (χ0v) is 16.0. The maximum Gasteiger partial charge on any atom is 0.258 e. The summed E-state index contributed by atoms with van der Waals surface area (Å²) >= 11 is 1.45. The van der Waals surface area contributed by atoms with Crippen LogP contribution in [0.4, 0.5) is 0 Å². The number of para-hydroxylation sites is 1. The zero-order chi connectivity index (χ0) is 19.0. The minimum absolute atomic E-state index is 0.127. The number of H-pyrrole nitrogens is 1. The molecule has 0 saturated heterocycles. The van der Waals surface area contributed by atoms with Gasteiger partial charge in [-0.3, -0.25) is 4.79 Å². The Morgan fingerprint density at radius 3 is 2.78 bits per heavy atom. The molecule has 0 unspecified atom stereocenters. The van der Waals surface area contributed by atoms with Crippen LogP contribution < -0.4 is 5.56 Å². The van der Waals surface area contributed by atoms with Crippen molar-refractivity contribution in [1.29, 1.82) is 0 Å². The molecule has 7 nitrogen and oxygen atoms in total. The molecule has 1 N–H and O–H groups in total. The summed E-state index contributed by atoms with van der Waals surface area (Å²) in [6.07, 6.45) is 0. The van der Waals surface area contributed by atoms with Gasteiger partial charge in [-0.25, -0.2) is 4.98 Å². The molecule has 0 spiro atoms. The molecule has 2 aromatic heterocycles. The number of hydrogen-bond donors (Lipinski definition) is 1. The van der Waals surface area contributed by atoms with Crippen LogP contribution in [-0.4, -0.2) is 30.2 Å². The van der Waals surface area contributed by atoms with Crippen LogP contribution in [0.25, 0.3) is 16.6 Å². The average molecular weight is 378 g/mol. The minimum atomic E-state index is -0.142. The van der Waals surface area contributed by atoms with Crippen molar-refractivity contribution in [3.63, 3.8) is 0 Å². The van der Waals surface area contributed by atoms with Crippen LogP contribution in [0, 0.1) is 13.8 Å². The van der Waals surface area contributed by atoms with E-state index < -0.39 is 0 Å². The van der Waals surface area contributed by atoms with Crippen molar-refractivity contribution in [3.05, 3.63) is 69.8 Å². The van der Waals surface area contributed by atoms with Crippen LogP contribution in [0.15, 0.2) is 52.4 Å². The standard InChI is InChI=1S/C19H18N6OS/c1-11-8-9-16(12(2)10-11)25-19(22-23-24-25)27-13(3)17-20-15-7-5-4-6-14(15)18(26)21-17/h4-10,13H,1-3H3,(H,20,21,26)/t13-/m0/s1. The molecule has 0 aliphatic carbocycles. The third-order valence-corrected chi connectivity index (χ3v) is 5.36. The Balaban J connectivity index is 1.68. The summed E-state index contributed by atoms with van der Waals surface area (Å²) in [7, 11) is 0. The number of fused-ring (bicyclic) bond motifs is 1. The summed E-state index contributed by atoms with van der Waals surface area (Å²) in [6.45, 7) is 6.05. The fourth-order valence-electron chi connectivity index (χ4n) is 2.96. The van der Waals surface area contributed by atoms with Gasteiger partial charge in [0.25, 0.3) is 5.56 Å². The van der Waals surface area contributed by atoms with Crippen LogP contribution in [-0.2, 0) is 0 Å². The van der Waals surface area contributed by atoms with E-state index in [0.29, 0.717) is 21.9 Å². The SMILES string of the molecule is Cc1ccc(-n2nnnc2S[C@@H](C)c2nc3ccccc3c(=O)[nH]2)c(C)c1. The Kier molecular flexibility index (Phi) is 4.49. The Morgan fingerprint density at radius 1 is 1.15 bits per heavy atom. The summed E-state index contributed by atoms with van der Waals surface area (Å²) in [6, 6.07) is 13.4. The van der Waals surface area contributed by atoms with E-state index in [1.165, 1.54) is 17.3 Å². The van der Waals surface area contributed by atoms with Gasteiger partial charge in [-0.1, -0.05) is 41.6 Å². The molecule has 2 aromatic carbocycles. The quantitative estimate of drug-likeness (QED) is 0.548. The Labute approximate surface area is 159 Å². The van der Waals surface area contributed by atoms with Gasteiger partial charge in [0.2, 0.25) is 5.16 Å². The number of nitrogens with zero attached hydrogens (tertiary/aromatic N) is 5. The van der Waals surface area contributed by atoms with Crippen molar-refractivity contribution in [1.82, 2.24) is 30.2 Å². The highest BCUT2D eigenvalue weighted by atomic mass is 32.2. The molecule has 0 saturated carbocycles. The molecule has 27 heavy (non-hydrogen) atoms. The first-order valence-corrected chi connectivity index (χ1v) is 9.42. The molecule has 0 bridgehead atoms. The van der Waals surface area contributed by atoms with Gasteiger partial charge in [0.15, 0.2) is 0 Å². The van der Waals surface area contributed by atoms with Crippen molar-refractivity contribution in [2.75, 3.05) is 0 Å². The van der Waals surface area contributed by atoms with Crippen LogP contribution in [0.5, 0.6) is 0 Å². The highest BCUT2D eigenvalue weighted by molar-refractivity contribution is 7.99. The van der Waals surface area contributed by atoms with Crippen LogP contribution in [0.3, 0.4) is 0 Å². The second kappa shape index (κ2) is 6.96. The van der Waals surface area contributed by atoms with Gasteiger partial charge < -0.3 is 4.98 Å². The van der Waals surface area contributed by atoms with Gasteiger partial charge in [-0.15, -0.1) is 5.10 Å². The fraction of sp³-hybridized carbons (Fsp3) is 0.211. The maximum absolute atomic E-state index is 12.3. The molecular formula is C19H18N6OS. The predicted octanol–water partition coefficient (Wildman–Crippen LogP) is 3.37. The van der Waals surface area contributed by atoms with Crippen LogP contribution in [0.2, 0.25) is 0 Å². The largest absolute Gasteiger partial charge is 0.309 e. The van der Waals surface area contributed by atoms with Crippen LogP contribution in [0.1, 0.15) is 29.1 Å². The number of tetrazole rings is 1. The van der Waals surface area contributed by atoms with Crippen molar-refractivity contribution >= 4 is 22.7 Å². The zero-order valence-electron chi connectivity index (χ0n) is 15.2. The predicted molar refractivity (Wildman–Crippen MR) is 105 cm³/mol. The van der Waals surface area contributed by atoms with E-state index in [1.54, 1.807) is 10.7 Å². The third-order valence-electron chi connectivity index (χ3n) is 4.32. The molecule has 0 aliphatic rings. The van der Waals surface area contributed by atoms with Crippen LogP contribution >= 0.6 is 11.8 Å². The lowest BCUT2D eigenvalue weighted by molar-refractivity contribution is 0.749. The average Bonchev–Trinajstić information content (AvgIpc) is 3.09. The first-order valence-electron chi connectivity index (χ1n) is 8.54. The molecular weight excluding hydrogens is 360 g/mol. The molecule has 0 amide bonds. The van der Waals surface area contributed by atoms with Crippen molar-refractivity contribution in [2.24, 2.45) is 0 Å². The molecule has 4 rings (SSSR count). The maximum atomic E-state index is 12.3. The molecule has 0 radical (unpaired) electrons. The van der Waals surface area contributed by atoms with Gasteiger partial charge in [-0.05, 0) is 55.0 Å². The number of aryl methyl sites for hydroxylation is 2. The number of aromatic amines is 1. The summed E-state index contributed by atoms with van der Waals surface area (Å²) in [5.74, 6) is 0.596. The molecule has 0 fully saturated rings. The lowest BCUT2D eigenvalue weighted by Crippen LogP contribution is -2.13. The lowest BCUT2D eigenvalue weighted by Gasteiger charge is -2.12. The van der Waals surface area contributed by atoms with Gasteiger partial charge in [0, 0.05) is 0 Å². The molecule has 0 aliphatic heterocycles. The Morgan fingerprint density at radius 2 is 1.96 bits per heavy atom. The van der Waals surface area contributed by atoms with E-state index >= 15 is 0 Å². The number of aromatic nitrogens is 6. The highest BCUT2D eigenvalue weighted by Gasteiger charge is 2.18. The van der Waals surface area contributed by atoms with E-state index in [1.807, 2.05) is 44.2 Å². The lowest BCUT2D eigenvalue weighted by atomic mass is 10.1. The first kappa shape index (κ1) is 17.4. The summed E-state index contributed by atoms with van der Waals surface area (Å²) in [4.78, 5) is 19.8. The summed E-state index contributed by atoms with van der Waals surface area (Å²) in [5, 5.41) is 13.2. The van der Waals surface area contributed by atoms with Crippen molar-refractivity contribution in [2.45, 2.75) is 31.2 Å². The minimum Gasteiger partial charge on any atom is -0.309 e. The number of hydrogen-bond acceptors (Lipinski definition) is 6. The van der Waals surface area contributed by atoms with Gasteiger partial charge >= 0.3 is 0 Å². The molecule has 4 aromatic rings. The normalized spacial score (nSPS) is 12.4. The van der Waals surface area contributed by atoms with E-state index in [2.05, 4.69) is 38.5 Å². The number of benzene rings is 2. The summed E-state index contributed by atoms with van der Waals surface area (Å²) < 4.78 is 1.72. The number of thioether (sulfide) groups is 1. The number of rotatable bonds is 4.